The third-order valence-electron chi connectivity index (χ3n) is 3.70. The zero-order chi connectivity index (χ0) is 14.6. The molecule has 1 heterocycles. The van der Waals surface area contributed by atoms with Crippen molar-refractivity contribution in [1.29, 1.82) is 0 Å². The fraction of sp³-hybridized carbons (Fsp3) is 0.600. The summed E-state index contributed by atoms with van der Waals surface area (Å²) in [7, 11) is 0. The van der Waals surface area contributed by atoms with Gasteiger partial charge in [-0.2, -0.15) is 0 Å². The number of nitrogens with one attached hydrogen (secondary N) is 1. The molecule has 2 rings (SSSR count). The molecule has 0 amide bonds. The van der Waals surface area contributed by atoms with Gasteiger partial charge in [0.05, 0.1) is 0 Å². The summed E-state index contributed by atoms with van der Waals surface area (Å²) in [5.74, 6) is 0.592. The quantitative estimate of drug-likeness (QED) is 0.906. The van der Waals surface area contributed by atoms with Crippen LogP contribution in [0.1, 0.15) is 31.7 Å². The van der Waals surface area contributed by atoms with Gasteiger partial charge >= 0.3 is 6.36 Å². The third-order valence-corrected chi connectivity index (χ3v) is 3.70. The SMILES string of the molecule is CC1CCNC(CCc2ccc(OC(F)(F)F)cc2)C1. The molecular formula is C15H20F3NO. The number of halogens is 3. The maximum atomic E-state index is 12.0. The number of piperidine rings is 1. The van der Waals surface area contributed by atoms with E-state index in [1.165, 1.54) is 25.0 Å². The summed E-state index contributed by atoms with van der Waals surface area (Å²) in [4.78, 5) is 0. The van der Waals surface area contributed by atoms with Gasteiger partial charge in [0.2, 0.25) is 0 Å². The van der Waals surface area contributed by atoms with Gasteiger partial charge in [-0.05, 0) is 55.8 Å². The summed E-state index contributed by atoms with van der Waals surface area (Å²) >= 11 is 0. The molecule has 0 bridgehead atoms. The van der Waals surface area contributed by atoms with Gasteiger partial charge < -0.3 is 10.1 Å². The van der Waals surface area contributed by atoms with Crippen molar-refractivity contribution in [2.45, 2.75) is 45.0 Å². The first-order valence-electron chi connectivity index (χ1n) is 7.00. The Morgan fingerprint density at radius 1 is 1.25 bits per heavy atom. The standard InChI is InChI=1S/C15H20F3NO/c1-11-8-9-19-13(10-11)5-2-12-3-6-14(7-4-12)20-15(16,17)18/h3-4,6-7,11,13,19H,2,5,8-10H2,1H3. The molecular weight excluding hydrogens is 267 g/mol. The van der Waals surface area contributed by atoms with Crippen LogP contribution in [-0.4, -0.2) is 18.9 Å². The van der Waals surface area contributed by atoms with Crippen molar-refractivity contribution in [3.63, 3.8) is 0 Å². The van der Waals surface area contributed by atoms with Gasteiger partial charge in [0.15, 0.2) is 0 Å². The Hall–Kier alpha value is -1.23. The molecule has 5 heteroatoms. The number of alkyl halides is 3. The average molecular weight is 287 g/mol. The fourth-order valence-electron chi connectivity index (χ4n) is 2.64. The molecule has 1 N–H and O–H groups in total. The molecule has 20 heavy (non-hydrogen) atoms. The highest BCUT2D eigenvalue weighted by Crippen LogP contribution is 2.24. The molecule has 2 nitrogen and oxygen atoms in total. The minimum absolute atomic E-state index is 0.161. The van der Waals surface area contributed by atoms with E-state index in [-0.39, 0.29) is 5.75 Å². The molecule has 1 aliphatic heterocycles. The van der Waals surface area contributed by atoms with E-state index in [1.807, 2.05) is 0 Å². The molecule has 0 spiro atoms. The van der Waals surface area contributed by atoms with E-state index < -0.39 is 6.36 Å². The molecule has 0 saturated carbocycles. The molecule has 2 atom stereocenters. The Kier molecular flexibility index (Phi) is 4.91. The summed E-state index contributed by atoms with van der Waals surface area (Å²) in [6.45, 7) is 3.32. The second-order valence-electron chi connectivity index (χ2n) is 5.51. The maximum Gasteiger partial charge on any atom is 0.573 e. The highest BCUT2D eigenvalue weighted by atomic mass is 19.4. The average Bonchev–Trinajstić information content (AvgIpc) is 2.36. The summed E-state index contributed by atoms with van der Waals surface area (Å²) in [6.07, 6.45) is -0.334. The molecule has 1 saturated heterocycles. The minimum atomic E-state index is -4.62. The zero-order valence-electron chi connectivity index (χ0n) is 11.5. The highest BCUT2D eigenvalue weighted by molar-refractivity contribution is 5.27. The van der Waals surface area contributed by atoms with Crippen LogP contribution >= 0.6 is 0 Å². The van der Waals surface area contributed by atoms with E-state index in [4.69, 9.17) is 0 Å². The van der Waals surface area contributed by atoms with Crippen LogP contribution in [0.2, 0.25) is 0 Å². The minimum Gasteiger partial charge on any atom is -0.406 e. The summed E-state index contributed by atoms with van der Waals surface area (Å²) in [6, 6.07) is 6.67. The Bertz CT molecular complexity index is 416. The third kappa shape index (κ3) is 5.04. The molecule has 1 aromatic carbocycles. The van der Waals surface area contributed by atoms with Gasteiger partial charge in [0.1, 0.15) is 5.75 Å². The fourth-order valence-corrected chi connectivity index (χ4v) is 2.64. The normalized spacial score (nSPS) is 23.6. The molecule has 0 aromatic heterocycles. The molecule has 1 aliphatic rings. The number of aryl methyl sites for hydroxylation is 1. The van der Waals surface area contributed by atoms with Crippen molar-refractivity contribution < 1.29 is 17.9 Å². The lowest BCUT2D eigenvalue weighted by atomic mass is 9.91. The number of hydrogen-bond acceptors (Lipinski definition) is 2. The smallest absolute Gasteiger partial charge is 0.406 e. The lowest BCUT2D eigenvalue weighted by molar-refractivity contribution is -0.274. The van der Waals surface area contributed by atoms with E-state index in [1.54, 1.807) is 12.1 Å². The van der Waals surface area contributed by atoms with Gasteiger partial charge in [0.25, 0.3) is 0 Å². The number of rotatable bonds is 4. The first-order chi connectivity index (χ1) is 9.42. The van der Waals surface area contributed by atoms with Crippen LogP contribution in [0.15, 0.2) is 24.3 Å². The lowest BCUT2D eigenvalue weighted by Crippen LogP contribution is -2.37. The Labute approximate surface area is 117 Å². The number of benzene rings is 1. The van der Waals surface area contributed by atoms with Crippen molar-refractivity contribution in [2.75, 3.05) is 6.54 Å². The van der Waals surface area contributed by atoms with E-state index in [0.29, 0.717) is 6.04 Å². The van der Waals surface area contributed by atoms with Crippen LogP contribution in [0.5, 0.6) is 5.75 Å². The summed E-state index contributed by atoms with van der Waals surface area (Å²) in [5.41, 5.74) is 1.04. The molecule has 112 valence electrons. The predicted molar refractivity (Wildman–Crippen MR) is 71.6 cm³/mol. The first-order valence-corrected chi connectivity index (χ1v) is 7.00. The maximum absolute atomic E-state index is 12.0. The molecule has 2 unspecified atom stereocenters. The predicted octanol–water partition coefficient (Wildman–Crippen LogP) is 3.91. The molecule has 0 aliphatic carbocycles. The Morgan fingerprint density at radius 2 is 1.95 bits per heavy atom. The second kappa shape index (κ2) is 6.48. The van der Waals surface area contributed by atoms with E-state index in [9.17, 15) is 13.2 Å². The van der Waals surface area contributed by atoms with Crippen LogP contribution < -0.4 is 10.1 Å². The largest absolute Gasteiger partial charge is 0.573 e. The van der Waals surface area contributed by atoms with Crippen molar-refractivity contribution in [1.82, 2.24) is 5.32 Å². The Balaban J connectivity index is 1.81. The van der Waals surface area contributed by atoms with Crippen LogP contribution in [-0.2, 0) is 6.42 Å². The summed E-state index contributed by atoms with van der Waals surface area (Å²) < 4.78 is 40.0. The molecule has 1 aromatic rings. The lowest BCUT2D eigenvalue weighted by Gasteiger charge is -2.28. The number of hydrogen-bond donors (Lipinski definition) is 1. The van der Waals surface area contributed by atoms with Crippen LogP contribution in [0, 0.1) is 5.92 Å². The number of ether oxygens (including phenoxy) is 1. The van der Waals surface area contributed by atoms with Gasteiger partial charge in [-0.3, -0.25) is 0 Å². The van der Waals surface area contributed by atoms with Crippen molar-refractivity contribution >= 4 is 0 Å². The van der Waals surface area contributed by atoms with Gasteiger partial charge in [-0.25, -0.2) is 0 Å². The van der Waals surface area contributed by atoms with E-state index in [0.717, 1.165) is 30.9 Å². The molecule has 0 radical (unpaired) electrons. The topological polar surface area (TPSA) is 21.3 Å². The van der Waals surface area contributed by atoms with Crippen LogP contribution in [0.25, 0.3) is 0 Å². The van der Waals surface area contributed by atoms with Crippen LogP contribution in [0.4, 0.5) is 13.2 Å². The summed E-state index contributed by atoms with van der Waals surface area (Å²) in [5, 5.41) is 3.49. The first kappa shape index (κ1) is 15.2. The molecule has 1 fully saturated rings. The highest BCUT2D eigenvalue weighted by Gasteiger charge is 2.30. The van der Waals surface area contributed by atoms with E-state index >= 15 is 0 Å². The van der Waals surface area contributed by atoms with Crippen molar-refractivity contribution in [2.24, 2.45) is 5.92 Å². The van der Waals surface area contributed by atoms with Crippen LogP contribution in [0.3, 0.4) is 0 Å². The second-order valence-corrected chi connectivity index (χ2v) is 5.51. The zero-order valence-corrected chi connectivity index (χ0v) is 11.5. The van der Waals surface area contributed by atoms with Crippen molar-refractivity contribution in [3.05, 3.63) is 29.8 Å². The van der Waals surface area contributed by atoms with Gasteiger partial charge in [-0.15, -0.1) is 13.2 Å². The van der Waals surface area contributed by atoms with Gasteiger partial charge in [-0.1, -0.05) is 19.1 Å². The van der Waals surface area contributed by atoms with Crippen molar-refractivity contribution in [3.8, 4) is 5.75 Å². The van der Waals surface area contributed by atoms with E-state index in [2.05, 4.69) is 17.0 Å². The monoisotopic (exact) mass is 287 g/mol. The Morgan fingerprint density at radius 3 is 2.55 bits per heavy atom. The van der Waals surface area contributed by atoms with Gasteiger partial charge in [0, 0.05) is 6.04 Å².